The van der Waals surface area contributed by atoms with E-state index in [0.29, 0.717) is 11.4 Å². The predicted octanol–water partition coefficient (Wildman–Crippen LogP) is 0.852. The number of aromatic nitrogens is 1. The highest BCUT2D eigenvalue weighted by molar-refractivity contribution is 5.83. The Hall–Kier alpha value is -2.15. The largest absolute Gasteiger partial charge is 0.481 e. The van der Waals surface area contributed by atoms with Crippen molar-refractivity contribution in [3.05, 3.63) is 23.9 Å². The SMILES string of the molecule is COc1ccc(C2C(C(=O)O)OCC(=O)N2C(C)C)cn1. The third kappa shape index (κ3) is 2.97. The van der Waals surface area contributed by atoms with Crippen LogP contribution in [-0.4, -0.2) is 52.7 Å². The molecule has 0 aliphatic carbocycles. The average Bonchev–Trinajstić information content (AvgIpc) is 2.46. The second-order valence-corrected chi connectivity index (χ2v) is 5.04. The molecule has 2 heterocycles. The lowest BCUT2D eigenvalue weighted by molar-refractivity contribution is -0.175. The third-order valence-electron chi connectivity index (χ3n) is 3.37. The Balaban J connectivity index is 2.43. The molecule has 1 N–H and O–H groups in total. The smallest absolute Gasteiger partial charge is 0.335 e. The molecule has 1 aliphatic rings. The lowest BCUT2D eigenvalue weighted by Gasteiger charge is -2.41. The zero-order chi connectivity index (χ0) is 15.6. The van der Waals surface area contributed by atoms with Crippen molar-refractivity contribution in [3.8, 4) is 5.88 Å². The first-order chi connectivity index (χ1) is 9.95. The molecule has 1 saturated heterocycles. The van der Waals surface area contributed by atoms with E-state index in [0.717, 1.165) is 0 Å². The van der Waals surface area contributed by atoms with E-state index in [1.807, 2.05) is 13.8 Å². The maximum absolute atomic E-state index is 12.1. The molecule has 2 atom stereocenters. The van der Waals surface area contributed by atoms with E-state index in [9.17, 15) is 14.7 Å². The summed E-state index contributed by atoms with van der Waals surface area (Å²) in [5.41, 5.74) is 0.602. The van der Waals surface area contributed by atoms with Crippen LogP contribution in [-0.2, 0) is 14.3 Å². The van der Waals surface area contributed by atoms with Gasteiger partial charge >= 0.3 is 5.97 Å². The first-order valence-corrected chi connectivity index (χ1v) is 6.61. The van der Waals surface area contributed by atoms with Gasteiger partial charge in [-0.2, -0.15) is 0 Å². The number of amides is 1. The summed E-state index contributed by atoms with van der Waals surface area (Å²) in [6.45, 7) is 3.45. The van der Waals surface area contributed by atoms with Gasteiger partial charge in [-0.1, -0.05) is 0 Å². The highest BCUT2D eigenvalue weighted by Crippen LogP contribution is 2.32. The normalized spacial score (nSPS) is 22.5. The first-order valence-electron chi connectivity index (χ1n) is 6.61. The van der Waals surface area contributed by atoms with Crippen molar-refractivity contribution < 1.29 is 24.2 Å². The van der Waals surface area contributed by atoms with Gasteiger partial charge in [0.1, 0.15) is 6.61 Å². The molecule has 1 amide bonds. The molecule has 2 unspecified atom stereocenters. The minimum atomic E-state index is -1.11. The van der Waals surface area contributed by atoms with E-state index in [4.69, 9.17) is 9.47 Å². The Morgan fingerprint density at radius 2 is 2.24 bits per heavy atom. The lowest BCUT2D eigenvalue weighted by atomic mass is 9.98. The van der Waals surface area contributed by atoms with Crippen molar-refractivity contribution in [1.82, 2.24) is 9.88 Å². The number of methoxy groups -OCH3 is 1. The molecule has 2 rings (SSSR count). The number of carbonyl (C=O) groups is 2. The second kappa shape index (κ2) is 6.09. The molecule has 7 heteroatoms. The lowest BCUT2D eigenvalue weighted by Crippen LogP contribution is -2.54. The number of aliphatic carboxylic acids is 1. The molecule has 0 spiro atoms. The van der Waals surface area contributed by atoms with Gasteiger partial charge in [-0.3, -0.25) is 4.79 Å². The molecular weight excluding hydrogens is 276 g/mol. The summed E-state index contributed by atoms with van der Waals surface area (Å²) >= 11 is 0. The number of pyridine rings is 1. The molecule has 1 aromatic heterocycles. The third-order valence-corrected chi connectivity index (χ3v) is 3.37. The Labute approximate surface area is 122 Å². The van der Waals surface area contributed by atoms with Crippen LogP contribution in [0.4, 0.5) is 0 Å². The predicted molar refractivity (Wildman–Crippen MR) is 72.9 cm³/mol. The first kappa shape index (κ1) is 15.2. The van der Waals surface area contributed by atoms with Crippen LogP contribution < -0.4 is 4.74 Å². The standard InChI is InChI=1S/C14H18N2O5/c1-8(2)16-11(17)7-21-13(14(18)19)12(16)9-4-5-10(20-3)15-6-9/h4-6,8,12-13H,7H2,1-3H3,(H,18,19). The van der Waals surface area contributed by atoms with Crippen LogP contribution in [0.5, 0.6) is 5.88 Å². The van der Waals surface area contributed by atoms with Crippen LogP contribution in [0, 0.1) is 0 Å². The van der Waals surface area contributed by atoms with Crippen molar-refractivity contribution in [1.29, 1.82) is 0 Å². The summed E-state index contributed by atoms with van der Waals surface area (Å²) in [6, 6.07) is 2.48. The summed E-state index contributed by atoms with van der Waals surface area (Å²) in [7, 11) is 1.50. The minimum Gasteiger partial charge on any atom is -0.481 e. The van der Waals surface area contributed by atoms with Gasteiger partial charge in [-0.25, -0.2) is 9.78 Å². The van der Waals surface area contributed by atoms with E-state index in [2.05, 4.69) is 4.98 Å². The fourth-order valence-corrected chi connectivity index (χ4v) is 2.47. The minimum absolute atomic E-state index is 0.143. The number of carboxylic acid groups (broad SMARTS) is 1. The van der Waals surface area contributed by atoms with Gasteiger partial charge in [-0.05, 0) is 25.5 Å². The molecule has 0 radical (unpaired) electrons. The van der Waals surface area contributed by atoms with E-state index in [-0.39, 0.29) is 18.6 Å². The highest BCUT2D eigenvalue weighted by Gasteiger charge is 2.43. The number of carboxylic acids is 1. The van der Waals surface area contributed by atoms with Crippen LogP contribution in [0.3, 0.4) is 0 Å². The van der Waals surface area contributed by atoms with Gasteiger partial charge in [0.25, 0.3) is 0 Å². The maximum atomic E-state index is 12.1. The van der Waals surface area contributed by atoms with Crippen molar-refractivity contribution in [2.24, 2.45) is 0 Å². The number of ether oxygens (including phenoxy) is 2. The maximum Gasteiger partial charge on any atom is 0.335 e. The monoisotopic (exact) mass is 294 g/mol. The number of carbonyl (C=O) groups excluding carboxylic acids is 1. The van der Waals surface area contributed by atoms with Crippen molar-refractivity contribution in [3.63, 3.8) is 0 Å². The molecule has 0 aromatic carbocycles. The van der Waals surface area contributed by atoms with Gasteiger partial charge in [-0.15, -0.1) is 0 Å². The van der Waals surface area contributed by atoms with E-state index in [1.54, 1.807) is 12.1 Å². The number of rotatable bonds is 4. The Kier molecular flexibility index (Phi) is 4.42. The summed E-state index contributed by atoms with van der Waals surface area (Å²) < 4.78 is 10.2. The number of nitrogens with zero attached hydrogens (tertiary/aromatic N) is 2. The van der Waals surface area contributed by atoms with Crippen LogP contribution in [0.1, 0.15) is 25.5 Å². The zero-order valence-corrected chi connectivity index (χ0v) is 12.1. The van der Waals surface area contributed by atoms with Gasteiger partial charge in [0, 0.05) is 18.3 Å². The molecule has 0 saturated carbocycles. The molecule has 21 heavy (non-hydrogen) atoms. The molecule has 0 bridgehead atoms. The summed E-state index contributed by atoms with van der Waals surface area (Å²) in [5.74, 6) is -0.915. The fraction of sp³-hybridized carbons (Fsp3) is 0.500. The Morgan fingerprint density at radius 1 is 1.52 bits per heavy atom. The number of hydrogen-bond acceptors (Lipinski definition) is 5. The van der Waals surface area contributed by atoms with Crippen LogP contribution in [0.25, 0.3) is 0 Å². The highest BCUT2D eigenvalue weighted by atomic mass is 16.5. The summed E-state index contributed by atoms with van der Waals surface area (Å²) in [5, 5.41) is 9.35. The number of morpholine rings is 1. The van der Waals surface area contributed by atoms with Gasteiger partial charge in [0.2, 0.25) is 11.8 Å². The van der Waals surface area contributed by atoms with Crippen molar-refractivity contribution in [2.45, 2.75) is 32.0 Å². The van der Waals surface area contributed by atoms with Crippen LogP contribution in [0.15, 0.2) is 18.3 Å². The van der Waals surface area contributed by atoms with Crippen LogP contribution in [0.2, 0.25) is 0 Å². The topological polar surface area (TPSA) is 89.0 Å². The quantitative estimate of drug-likeness (QED) is 0.885. The Bertz CT molecular complexity index is 529. The van der Waals surface area contributed by atoms with Crippen molar-refractivity contribution >= 4 is 11.9 Å². The van der Waals surface area contributed by atoms with Crippen LogP contribution >= 0.6 is 0 Å². The molecule has 1 aliphatic heterocycles. The van der Waals surface area contributed by atoms with E-state index >= 15 is 0 Å². The molecule has 1 aromatic rings. The van der Waals surface area contributed by atoms with Gasteiger partial charge < -0.3 is 19.5 Å². The molecule has 7 nitrogen and oxygen atoms in total. The van der Waals surface area contributed by atoms with Crippen molar-refractivity contribution in [2.75, 3.05) is 13.7 Å². The molecule has 1 fully saturated rings. The summed E-state index contributed by atoms with van der Waals surface area (Å²) in [4.78, 5) is 29.1. The van der Waals surface area contributed by atoms with Gasteiger partial charge in [0.05, 0.1) is 13.2 Å². The summed E-state index contributed by atoms with van der Waals surface area (Å²) in [6.07, 6.45) is 0.400. The zero-order valence-electron chi connectivity index (χ0n) is 12.1. The molecular formula is C14H18N2O5. The van der Waals surface area contributed by atoms with Gasteiger partial charge in [0.15, 0.2) is 6.10 Å². The molecule has 114 valence electrons. The average molecular weight is 294 g/mol. The Morgan fingerprint density at radius 3 is 2.71 bits per heavy atom. The van der Waals surface area contributed by atoms with E-state index < -0.39 is 18.1 Å². The fourth-order valence-electron chi connectivity index (χ4n) is 2.47. The second-order valence-electron chi connectivity index (χ2n) is 5.04. The number of hydrogen-bond donors (Lipinski definition) is 1. The van der Waals surface area contributed by atoms with E-state index in [1.165, 1.54) is 18.2 Å².